The molecule has 1 nitrogen and oxygen atoms in total. The van der Waals surface area contributed by atoms with Gasteiger partial charge in [-0.2, -0.15) is 0 Å². The SMILES string of the molecule is CNC1c2ccc(Cl)c(Cl)c2CC1C. The molecule has 1 aromatic rings. The zero-order valence-corrected chi connectivity index (χ0v) is 9.78. The second kappa shape index (κ2) is 3.73. The average molecular weight is 230 g/mol. The van der Waals surface area contributed by atoms with Gasteiger partial charge < -0.3 is 5.32 Å². The minimum absolute atomic E-state index is 0.416. The molecule has 0 saturated heterocycles. The number of hydrogen-bond donors (Lipinski definition) is 1. The van der Waals surface area contributed by atoms with E-state index in [1.807, 2.05) is 13.1 Å². The molecule has 0 spiro atoms. The van der Waals surface area contributed by atoms with Crippen LogP contribution in [0.2, 0.25) is 10.0 Å². The van der Waals surface area contributed by atoms with E-state index in [2.05, 4.69) is 18.3 Å². The molecule has 76 valence electrons. The van der Waals surface area contributed by atoms with Crippen molar-refractivity contribution in [2.24, 2.45) is 5.92 Å². The summed E-state index contributed by atoms with van der Waals surface area (Å²) in [6, 6.07) is 4.37. The van der Waals surface area contributed by atoms with E-state index >= 15 is 0 Å². The van der Waals surface area contributed by atoms with Crippen LogP contribution in [0.1, 0.15) is 24.1 Å². The van der Waals surface area contributed by atoms with Gasteiger partial charge in [-0.15, -0.1) is 0 Å². The zero-order chi connectivity index (χ0) is 10.3. The summed E-state index contributed by atoms with van der Waals surface area (Å²) >= 11 is 12.1. The molecule has 1 aliphatic rings. The van der Waals surface area contributed by atoms with Gasteiger partial charge in [-0.1, -0.05) is 36.2 Å². The second-order valence-corrected chi connectivity index (χ2v) is 4.66. The van der Waals surface area contributed by atoms with E-state index in [4.69, 9.17) is 23.2 Å². The second-order valence-electron chi connectivity index (χ2n) is 3.88. The molecule has 0 heterocycles. The molecule has 3 heteroatoms. The largest absolute Gasteiger partial charge is 0.313 e. The van der Waals surface area contributed by atoms with Gasteiger partial charge >= 0.3 is 0 Å². The van der Waals surface area contributed by atoms with Crippen LogP contribution in [0, 0.1) is 5.92 Å². The van der Waals surface area contributed by atoms with Crippen LogP contribution in [0.25, 0.3) is 0 Å². The van der Waals surface area contributed by atoms with Crippen molar-refractivity contribution in [1.82, 2.24) is 5.32 Å². The maximum atomic E-state index is 6.17. The highest BCUT2D eigenvalue weighted by molar-refractivity contribution is 6.42. The van der Waals surface area contributed by atoms with Crippen molar-refractivity contribution in [3.63, 3.8) is 0 Å². The van der Waals surface area contributed by atoms with Crippen LogP contribution < -0.4 is 5.32 Å². The Bertz CT molecular complexity index is 363. The lowest BCUT2D eigenvalue weighted by Gasteiger charge is -2.15. The van der Waals surface area contributed by atoms with Gasteiger partial charge in [0, 0.05) is 6.04 Å². The van der Waals surface area contributed by atoms with Gasteiger partial charge in [-0.05, 0) is 36.6 Å². The maximum Gasteiger partial charge on any atom is 0.0627 e. The van der Waals surface area contributed by atoms with Gasteiger partial charge in [-0.3, -0.25) is 0 Å². The fourth-order valence-corrected chi connectivity index (χ4v) is 2.72. The van der Waals surface area contributed by atoms with Crippen LogP contribution in [-0.4, -0.2) is 7.05 Å². The molecule has 0 aromatic heterocycles. The summed E-state index contributed by atoms with van der Waals surface area (Å²) in [6.07, 6.45) is 1.01. The Balaban J connectivity index is 2.52. The highest BCUT2D eigenvalue weighted by Gasteiger charge is 2.30. The lowest BCUT2D eigenvalue weighted by Crippen LogP contribution is -2.19. The Labute approximate surface area is 94.4 Å². The third-order valence-corrected chi connectivity index (χ3v) is 3.82. The summed E-state index contributed by atoms with van der Waals surface area (Å²) in [7, 11) is 1.98. The average Bonchev–Trinajstić information content (AvgIpc) is 2.49. The molecular formula is C11H13Cl2N. The third kappa shape index (κ3) is 1.44. The molecule has 14 heavy (non-hydrogen) atoms. The zero-order valence-electron chi connectivity index (χ0n) is 8.27. The minimum atomic E-state index is 0.416. The summed E-state index contributed by atoms with van der Waals surface area (Å²) in [5.41, 5.74) is 2.51. The molecule has 1 aromatic carbocycles. The lowest BCUT2D eigenvalue weighted by atomic mass is 10.0. The van der Waals surface area contributed by atoms with E-state index in [0.29, 0.717) is 17.0 Å². The van der Waals surface area contributed by atoms with Crippen LogP contribution in [-0.2, 0) is 6.42 Å². The Hall–Kier alpha value is -0.240. The molecule has 0 radical (unpaired) electrons. The Morgan fingerprint density at radius 3 is 2.71 bits per heavy atom. The van der Waals surface area contributed by atoms with Crippen molar-refractivity contribution < 1.29 is 0 Å². The van der Waals surface area contributed by atoms with Gasteiger partial charge in [-0.25, -0.2) is 0 Å². The predicted octanol–water partition coefficient (Wildman–Crippen LogP) is 3.45. The van der Waals surface area contributed by atoms with E-state index < -0.39 is 0 Å². The highest BCUT2D eigenvalue weighted by atomic mass is 35.5. The highest BCUT2D eigenvalue weighted by Crippen LogP contribution is 2.41. The fourth-order valence-electron chi connectivity index (χ4n) is 2.29. The monoisotopic (exact) mass is 229 g/mol. The van der Waals surface area contributed by atoms with E-state index in [9.17, 15) is 0 Å². The van der Waals surface area contributed by atoms with Gasteiger partial charge in [0.25, 0.3) is 0 Å². The smallest absolute Gasteiger partial charge is 0.0627 e. The Kier molecular flexibility index (Phi) is 2.74. The van der Waals surface area contributed by atoms with Crippen molar-refractivity contribution in [3.05, 3.63) is 33.3 Å². The topological polar surface area (TPSA) is 12.0 Å². The quantitative estimate of drug-likeness (QED) is 0.779. The van der Waals surface area contributed by atoms with Crippen LogP contribution in [0.3, 0.4) is 0 Å². The summed E-state index contributed by atoms with van der Waals surface area (Å²) in [5.74, 6) is 0.589. The van der Waals surface area contributed by atoms with Crippen LogP contribution in [0.15, 0.2) is 12.1 Å². The number of fused-ring (bicyclic) bond motifs is 1. The lowest BCUT2D eigenvalue weighted by molar-refractivity contribution is 0.447. The molecule has 2 rings (SSSR count). The van der Waals surface area contributed by atoms with Gasteiger partial charge in [0.2, 0.25) is 0 Å². The number of benzene rings is 1. The number of hydrogen-bond acceptors (Lipinski definition) is 1. The van der Waals surface area contributed by atoms with Gasteiger partial charge in [0.05, 0.1) is 10.0 Å². The van der Waals surface area contributed by atoms with E-state index in [-0.39, 0.29) is 0 Å². The molecule has 0 aliphatic heterocycles. The fraction of sp³-hybridized carbons (Fsp3) is 0.455. The van der Waals surface area contributed by atoms with Crippen LogP contribution in [0.4, 0.5) is 0 Å². The molecule has 1 aliphatic carbocycles. The first kappa shape index (κ1) is 10.3. The molecule has 0 saturated carbocycles. The van der Waals surface area contributed by atoms with E-state index in [1.165, 1.54) is 11.1 Å². The molecular weight excluding hydrogens is 217 g/mol. The number of rotatable bonds is 1. The van der Waals surface area contributed by atoms with Crippen molar-refractivity contribution in [2.45, 2.75) is 19.4 Å². The van der Waals surface area contributed by atoms with Crippen molar-refractivity contribution in [3.8, 4) is 0 Å². The normalized spacial score (nSPS) is 25.1. The molecule has 1 N–H and O–H groups in total. The first-order valence-corrected chi connectivity index (χ1v) is 5.54. The molecule has 0 bridgehead atoms. The van der Waals surface area contributed by atoms with Gasteiger partial charge in [0.1, 0.15) is 0 Å². The molecule has 2 atom stereocenters. The summed E-state index contributed by atoms with van der Waals surface area (Å²) in [5, 5.41) is 4.71. The van der Waals surface area contributed by atoms with E-state index in [1.54, 1.807) is 0 Å². The van der Waals surface area contributed by atoms with Crippen molar-refractivity contribution in [2.75, 3.05) is 7.05 Å². The standard InChI is InChI=1S/C11H13Cl2N/c1-6-5-8-7(11(6)14-2)3-4-9(12)10(8)13/h3-4,6,11,14H,5H2,1-2H3. The molecule has 0 fully saturated rings. The number of nitrogens with one attached hydrogen (secondary N) is 1. The summed E-state index contributed by atoms with van der Waals surface area (Å²) in [4.78, 5) is 0. The van der Waals surface area contributed by atoms with Crippen molar-refractivity contribution >= 4 is 23.2 Å². The summed E-state index contributed by atoms with van der Waals surface area (Å²) < 4.78 is 0. The van der Waals surface area contributed by atoms with Gasteiger partial charge in [0.15, 0.2) is 0 Å². The van der Waals surface area contributed by atoms with E-state index in [0.717, 1.165) is 11.4 Å². The predicted molar refractivity (Wildman–Crippen MR) is 61.1 cm³/mol. The molecule has 0 amide bonds. The van der Waals surface area contributed by atoms with Crippen LogP contribution >= 0.6 is 23.2 Å². The Morgan fingerprint density at radius 2 is 2.07 bits per heavy atom. The summed E-state index contributed by atoms with van der Waals surface area (Å²) in [6.45, 7) is 2.23. The van der Waals surface area contributed by atoms with Crippen molar-refractivity contribution in [1.29, 1.82) is 0 Å². The van der Waals surface area contributed by atoms with Crippen LogP contribution in [0.5, 0.6) is 0 Å². The third-order valence-electron chi connectivity index (χ3n) is 2.97. The number of halogens is 2. The first-order chi connectivity index (χ1) is 6.65. The minimum Gasteiger partial charge on any atom is -0.313 e. The Morgan fingerprint density at radius 1 is 1.36 bits per heavy atom. The maximum absolute atomic E-state index is 6.17. The first-order valence-electron chi connectivity index (χ1n) is 4.79. The molecule has 2 unspecified atom stereocenters.